The van der Waals surface area contributed by atoms with Crippen molar-refractivity contribution < 1.29 is 30.3 Å². The van der Waals surface area contributed by atoms with E-state index in [1.807, 2.05) is 24.3 Å². The zero-order chi connectivity index (χ0) is 22.9. The molecule has 7 heteroatoms. The van der Waals surface area contributed by atoms with Gasteiger partial charge in [-0.1, -0.05) is 49.2 Å². The van der Waals surface area contributed by atoms with E-state index < -0.39 is 42.7 Å². The van der Waals surface area contributed by atoms with Gasteiger partial charge in [0.1, 0.15) is 30.5 Å². The van der Waals surface area contributed by atoms with E-state index in [1.165, 1.54) is 0 Å². The molecule has 7 nitrogen and oxygen atoms in total. The molecule has 1 aliphatic heterocycles. The van der Waals surface area contributed by atoms with Crippen LogP contribution in [0.15, 0.2) is 42.5 Å². The summed E-state index contributed by atoms with van der Waals surface area (Å²) in [4.78, 5) is 0. The van der Waals surface area contributed by atoms with Crippen molar-refractivity contribution in [2.45, 2.75) is 68.2 Å². The molecule has 170 valence electrons. The van der Waals surface area contributed by atoms with Crippen molar-refractivity contribution in [3.8, 4) is 6.07 Å². The van der Waals surface area contributed by atoms with Gasteiger partial charge >= 0.3 is 0 Å². The highest BCUT2D eigenvalue weighted by Gasteiger charge is 2.44. The summed E-state index contributed by atoms with van der Waals surface area (Å²) in [6, 6.07) is 15.0. The predicted molar refractivity (Wildman–Crippen MR) is 115 cm³/mol. The Labute approximate surface area is 187 Å². The molecule has 0 spiro atoms. The Balaban J connectivity index is 1.58. The molecule has 2 fully saturated rings. The molecule has 5 N–H and O–H groups in total. The number of nitriles is 1. The fourth-order valence-corrected chi connectivity index (χ4v) is 4.82. The molecule has 32 heavy (non-hydrogen) atoms. The van der Waals surface area contributed by atoms with E-state index in [-0.39, 0.29) is 0 Å². The lowest BCUT2D eigenvalue weighted by atomic mass is 9.88. The molecule has 2 aromatic rings. The second-order valence-electron chi connectivity index (χ2n) is 8.89. The summed E-state index contributed by atoms with van der Waals surface area (Å²) in [6.07, 6.45) is -2.15. The van der Waals surface area contributed by atoms with Crippen molar-refractivity contribution in [2.75, 3.05) is 6.61 Å². The topological polar surface area (TPSA) is 134 Å². The van der Waals surface area contributed by atoms with Gasteiger partial charge in [0.05, 0.1) is 23.8 Å². The highest BCUT2D eigenvalue weighted by Crippen LogP contribution is 2.39. The lowest BCUT2D eigenvalue weighted by Gasteiger charge is -2.40. The van der Waals surface area contributed by atoms with Crippen LogP contribution < -0.4 is 0 Å². The Bertz CT molecular complexity index is 977. The van der Waals surface area contributed by atoms with Crippen LogP contribution in [0.1, 0.15) is 59.6 Å². The summed E-state index contributed by atoms with van der Waals surface area (Å²) in [5.41, 5.74) is 2.89. The number of aliphatic hydroxyl groups is 5. The fraction of sp³-hybridized carbons (Fsp3) is 0.480. The summed E-state index contributed by atoms with van der Waals surface area (Å²) in [6.45, 7) is -0.497. The SMILES string of the molecule is N#Cc1ccc([C@@H]2O[C@H](CO)C(O)C(O)C2O)cc1Cc1ccc(C2(O)CCCC2)cc1. The van der Waals surface area contributed by atoms with Crippen molar-refractivity contribution in [2.24, 2.45) is 0 Å². The number of hydrogen-bond donors (Lipinski definition) is 5. The van der Waals surface area contributed by atoms with Gasteiger partial charge in [-0.2, -0.15) is 5.26 Å². The number of nitrogens with zero attached hydrogens (tertiary/aromatic N) is 1. The van der Waals surface area contributed by atoms with Crippen LogP contribution in [0.4, 0.5) is 0 Å². The number of ether oxygens (including phenoxy) is 1. The number of benzene rings is 2. The first-order chi connectivity index (χ1) is 15.4. The second kappa shape index (κ2) is 9.28. The fourth-order valence-electron chi connectivity index (χ4n) is 4.82. The number of hydrogen-bond acceptors (Lipinski definition) is 7. The van der Waals surface area contributed by atoms with Gasteiger partial charge in [-0.25, -0.2) is 0 Å². The van der Waals surface area contributed by atoms with Crippen molar-refractivity contribution in [1.29, 1.82) is 5.26 Å². The lowest BCUT2D eigenvalue weighted by molar-refractivity contribution is -0.231. The third-order valence-electron chi connectivity index (χ3n) is 6.79. The Morgan fingerprint density at radius 1 is 0.969 bits per heavy atom. The van der Waals surface area contributed by atoms with Crippen molar-refractivity contribution >= 4 is 0 Å². The van der Waals surface area contributed by atoms with Crippen LogP contribution in [0.5, 0.6) is 0 Å². The minimum Gasteiger partial charge on any atom is -0.394 e. The molecule has 0 aromatic heterocycles. The molecule has 4 rings (SSSR count). The summed E-state index contributed by atoms with van der Waals surface area (Å²) in [5, 5.41) is 60.3. The first-order valence-corrected chi connectivity index (χ1v) is 11.0. The molecule has 1 aliphatic carbocycles. The van der Waals surface area contributed by atoms with Crippen LogP contribution in [0, 0.1) is 11.3 Å². The molecular formula is C25H29NO6. The van der Waals surface area contributed by atoms with Crippen molar-refractivity contribution in [3.63, 3.8) is 0 Å². The minimum absolute atomic E-state index is 0.465. The number of aliphatic hydroxyl groups excluding tert-OH is 4. The summed E-state index contributed by atoms with van der Waals surface area (Å²) in [7, 11) is 0. The second-order valence-corrected chi connectivity index (χ2v) is 8.89. The van der Waals surface area contributed by atoms with Gasteiger partial charge in [0.15, 0.2) is 0 Å². The Hall–Kier alpha value is -2.31. The average Bonchev–Trinajstić information content (AvgIpc) is 3.26. The van der Waals surface area contributed by atoms with Crippen molar-refractivity contribution in [1.82, 2.24) is 0 Å². The quantitative estimate of drug-likeness (QED) is 0.476. The molecular weight excluding hydrogens is 410 g/mol. The van der Waals surface area contributed by atoms with Crippen LogP contribution in [0.3, 0.4) is 0 Å². The largest absolute Gasteiger partial charge is 0.394 e. The molecule has 0 amide bonds. The lowest BCUT2D eigenvalue weighted by Crippen LogP contribution is -2.55. The zero-order valence-corrected chi connectivity index (χ0v) is 17.8. The molecule has 2 aromatic carbocycles. The first kappa shape index (κ1) is 22.9. The maximum Gasteiger partial charge on any atom is 0.113 e. The molecule has 1 saturated heterocycles. The highest BCUT2D eigenvalue weighted by molar-refractivity contribution is 5.44. The van der Waals surface area contributed by atoms with Gasteiger partial charge in [0.2, 0.25) is 0 Å². The smallest absolute Gasteiger partial charge is 0.113 e. The first-order valence-electron chi connectivity index (χ1n) is 11.0. The Morgan fingerprint density at radius 2 is 1.66 bits per heavy atom. The maximum absolute atomic E-state index is 10.8. The van der Waals surface area contributed by atoms with Crippen LogP contribution in [-0.4, -0.2) is 56.6 Å². The molecule has 0 bridgehead atoms. The van der Waals surface area contributed by atoms with E-state index in [4.69, 9.17) is 4.74 Å². The molecule has 0 radical (unpaired) electrons. The zero-order valence-electron chi connectivity index (χ0n) is 17.8. The van der Waals surface area contributed by atoms with Gasteiger partial charge in [-0.15, -0.1) is 0 Å². The van der Waals surface area contributed by atoms with E-state index in [0.717, 1.165) is 42.4 Å². The third kappa shape index (κ3) is 4.30. The van der Waals surface area contributed by atoms with Crippen LogP contribution in [0.2, 0.25) is 0 Å². The molecule has 2 aliphatic rings. The molecule has 3 unspecified atom stereocenters. The van der Waals surface area contributed by atoms with E-state index >= 15 is 0 Å². The molecule has 1 saturated carbocycles. The Kier molecular flexibility index (Phi) is 6.63. The van der Waals surface area contributed by atoms with Crippen LogP contribution >= 0.6 is 0 Å². The standard InChI is InChI=1S/C25H29NO6/c26-13-17-6-5-16(24-23(30)22(29)21(28)20(14-27)32-24)12-18(17)11-15-3-7-19(8-4-15)25(31)9-1-2-10-25/h3-8,12,20-24,27-31H,1-2,9-11,14H2/t20-,21?,22?,23?,24+/m1/s1. The van der Waals surface area contributed by atoms with E-state index in [1.54, 1.807) is 18.2 Å². The van der Waals surface area contributed by atoms with Gasteiger partial charge in [-0.3, -0.25) is 0 Å². The van der Waals surface area contributed by atoms with Crippen molar-refractivity contribution in [3.05, 3.63) is 70.3 Å². The van der Waals surface area contributed by atoms with Gasteiger partial charge in [0, 0.05) is 0 Å². The summed E-state index contributed by atoms with van der Waals surface area (Å²) in [5.74, 6) is 0. The van der Waals surface area contributed by atoms with Crippen LogP contribution in [0.25, 0.3) is 0 Å². The van der Waals surface area contributed by atoms with E-state index in [2.05, 4.69) is 6.07 Å². The molecule has 1 heterocycles. The monoisotopic (exact) mass is 439 g/mol. The van der Waals surface area contributed by atoms with E-state index in [0.29, 0.717) is 17.5 Å². The third-order valence-corrected chi connectivity index (χ3v) is 6.79. The van der Waals surface area contributed by atoms with E-state index in [9.17, 15) is 30.8 Å². The number of rotatable bonds is 5. The highest BCUT2D eigenvalue weighted by atomic mass is 16.5. The van der Waals surface area contributed by atoms with Crippen LogP contribution in [-0.2, 0) is 16.8 Å². The summed E-state index contributed by atoms with van der Waals surface area (Å²) >= 11 is 0. The maximum atomic E-state index is 10.8. The molecule has 5 atom stereocenters. The minimum atomic E-state index is -1.46. The predicted octanol–water partition coefficient (Wildman–Crippen LogP) is 1.43. The van der Waals surface area contributed by atoms with Gasteiger partial charge in [-0.05, 0) is 47.6 Å². The Morgan fingerprint density at radius 3 is 2.28 bits per heavy atom. The van der Waals surface area contributed by atoms with Gasteiger partial charge in [0.25, 0.3) is 0 Å². The summed E-state index contributed by atoms with van der Waals surface area (Å²) < 4.78 is 5.66. The average molecular weight is 440 g/mol. The normalized spacial score (nSPS) is 29.6. The van der Waals surface area contributed by atoms with Gasteiger partial charge < -0.3 is 30.3 Å².